The predicted octanol–water partition coefficient (Wildman–Crippen LogP) is 6.88. The molecule has 0 heterocycles. The quantitative estimate of drug-likeness (QED) is 0.521. The molecule has 1 radical (unpaired) electrons. The van der Waals surface area contributed by atoms with Gasteiger partial charge in [-0.3, -0.25) is 0 Å². The highest BCUT2D eigenvalue weighted by Crippen LogP contribution is 2.40. The van der Waals surface area contributed by atoms with Crippen LogP contribution in [0.25, 0.3) is 0 Å². The van der Waals surface area contributed by atoms with Gasteiger partial charge in [-0.15, -0.1) is 0 Å². The molecule has 0 aliphatic carbocycles. The molecule has 0 nitrogen and oxygen atoms in total. The third kappa shape index (κ3) is 4.71. The Balaban J connectivity index is 3.37. The fourth-order valence-corrected chi connectivity index (χ4v) is 3.67. The molecule has 0 amide bonds. The Labute approximate surface area is 140 Å². The van der Waals surface area contributed by atoms with E-state index in [-0.39, 0.29) is 10.8 Å². The van der Waals surface area contributed by atoms with Gasteiger partial charge in [-0.05, 0) is 38.6 Å². The molecule has 0 spiro atoms. The van der Waals surface area contributed by atoms with Crippen molar-refractivity contribution in [2.45, 2.75) is 91.3 Å². The molecule has 0 saturated heterocycles. The van der Waals surface area contributed by atoms with E-state index < -0.39 is 8.07 Å². The predicted molar refractivity (Wildman–Crippen MR) is 104 cm³/mol. The van der Waals surface area contributed by atoms with E-state index in [0.717, 1.165) is 0 Å². The molecule has 0 atom stereocenters. The summed E-state index contributed by atoms with van der Waals surface area (Å²) in [7, 11) is -1.43. The summed E-state index contributed by atoms with van der Waals surface area (Å²) in [6, 6.07) is 9.83. The number of hydrogen-bond acceptors (Lipinski definition) is 0. The summed E-state index contributed by atoms with van der Waals surface area (Å²) in [5.41, 5.74) is 4.70. The first-order chi connectivity index (χ1) is 9.54. The molecule has 1 rings (SSSR count). The van der Waals surface area contributed by atoms with Crippen LogP contribution in [0.15, 0.2) is 18.2 Å². The van der Waals surface area contributed by atoms with Gasteiger partial charge in [0.05, 0.1) is 8.07 Å². The molecule has 0 N–H and O–H groups in total. The van der Waals surface area contributed by atoms with Crippen LogP contribution in [0.1, 0.15) is 79.0 Å². The van der Waals surface area contributed by atoms with Crippen molar-refractivity contribution in [3.63, 3.8) is 0 Å². The van der Waals surface area contributed by atoms with Gasteiger partial charge in [0.15, 0.2) is 0 Å². The maximum absolute atomic E-state index is 2.59. The molecule has 22 heavy (non-hydrogen) atoms. The molecule has 0 aromatic heterocycles. The Bertz CT molecular complexity index is 484. The van der Waals surface area contributed by atoms with Crippen molar-refractivity contribution < 1.29 is 0 Å². The van der Waals surface area contributed by atoms with Crippen LogP contribution in [0.4, 0.5) is 0 Å². The molecule has 0 aliphatic rings. The molecular formula is C21H37Si. The second-order valence-corrected chi connectivity index (χ2v) is 15.7. The van der Waals surface area contributed by atoms with E-state index >= 15 is 0 Å². The van der Waals surface area contributed by atoms with Crippen molar-refractivity contribution in [1.29, 1.82) is 0 Å². The van der Waals surface area contributed by atoms with Crippen LogP contribution in [0.2, 0.25) is 18.1 Å². The highest BCUT2D eigenvalue weighted by atomic mass is 28.3. The first-order valence-electron chi connectivity index (χ1n) is 8.56. The Hall–Kier alpha value is -0.563. The van der Waals surface area contributed by atoms with Gasteiger partial charge < -0.3 is 0 Å². The molecule has 0 aliphatic heterocycles. The molecule has 0 saturated carbocycles. The maximum atomic E-state index is 2.59. The van der Waals surface area contributed by atoms with Gasteiger partial charge in [-0.2, -0.15) is 0 Å². The average molecular weight is 318 g/mol. The number of rotatable bonds is 2. The zero-order valence-corrected chi connectivity index (χ0v) is 17.8. The minimum atomic E-state index is -1.43. The van der Waals surface area contributed by atoms with Gasteiger partial charge in [0.25, 0.3) is 0 Å². The molecule has 0 bridgehead atoms. The minimum Gasteiger partial charge on any atom is -0.0685 e. The summed E-state index contributed by atoms with van der Waals surface area (Å²) in [6.45, 7) is 26.0. The Morgan fingerprint density at radius 2 is 1.05 bits per heavy atom. The van der Waals surface area contributed by atoms with Crippen LogP contribution < -0.4 is 0 Å². The highest BCUT2D eigenvalue weighted by Gasteiger charge is 2.35. The SMILES string of the molecule is CC(C)(C)c1cc([CH][Si](C)(C)C(C)(C)C)cc(C(C)(C)C)c1. The molecule has 1 heteroatoms. The van der Waals surface area contributed by atoms with Crippen molar-refractivity contribution >= 4 is 8.07 Å². The first-order valence-corrected chi connectivity index (χ1v) is 11.6. The molecule has 1 aromatic carbocycles. The van der Waals surface area contributed by atoms with Gasteiger partial charge in [0.1, 0.15) is 0 Å². The Morgan fingerprint density at radius 1 is 0.682 bits per heavy atom. The monoisotopic (exact) mass is 317 g/mol. The van der Waals surface area contributed by atoms with E-state index in [9.17, 15) is 0 Å². The lowest BCUT2D eigenvalue weighted by Gasteiger charge is -2.37. The first kappa shape index (κ1) is 19.5. The average Bonchev–Trinajstić information content (AvgIpc) is 2.23. The fraction of sp³-hybridized carbons (Fsp3) is 0.667. The van der Waals surface area contributed by atoms with Crippen molar-refractivity contribution in [3.8, 4) is 0 Å². The zero-order valence-electron chi connectivity index (χ0n) is 16.8. The summed E-state index contributed by atoms with van der Waals surface area (Å²) in [6.07, 6.45) is 0. The fourth-order valence-electron chi connectivity index (χ4n) is 2.23. The van der Waals surface area contributed by atoms with E-state index in [1.807, 2.05) is 0 Å². The van der Waals surface area contributed by atoms with Gasteiger partial charge in [-0.25, -0.2) is 0 Å². The third-order valence-electron chi connectivity index (χ3n) is 5.15. The second-order valence-electron chi connectivity index (χ2n) is 10.5. The normalized spacial score (nSPS) is 14.3. The number of hydrogen-bond donors (Lipinski definition) is 0. The van der Waals surface area contributed by atoms with Crippen LogP contribution in [-0.4, -0.2) is 8.07 Å². The van der Waals surface area contributed by atoms with Crippen molar-refractivity contribution in [3.05, 3.63) is 40.9 Å². The van der Waals surface area contributed by atoms with Crippen LogP contribution in [0, 0.1) is 6.04 Å². The van der Waals surface area contributed by atoms with Crippen LogP contribution in [0.3, 0.4) is 0 Å². The van der Waals surface area contributed by atoms with E-state index in [1.165, 1.54) is 16.7 Å². The van der Waals surface area contributed by atoms with Crippen LogP contribution >= 0.6 is 0 Å². The standard InChI is InChI=1S/C21H37Si/c1-19(2,3)17-12-16(13-18(14-17)20(4,5)6)15-22(10,11)21(7,8)9/h12-15H,1-11H3. The highest BCUT2D eigenvalue weighted by molar-refractivity contribution is 6.84. The van der Waals surface area contributed by atoms with Crippen molar-refractivity contribution in [1.82, 2.24) is 0 Å². The summed E-state index contributed by atoms with van der Waals surface area (Å²) in [4.78, 5) is 0. The smallest absolute Gasteiger partial charge is 0.0609 e. The molecular weight excluding hydrogens is 280 g/mol. The lowest BCUT2D eigenvalue weighted by Crippen LogP contribution is -2.38. The van der Waals surface area contributed by atoms with Crippen LogP contribution in [0.5, 0.6) is 0 Å². The van der Waals surface area contributed by atoms with Crippen molar-refractivity contribution in [2.24, 2.45) is 0 Å². The van der Waals surface area contributed by atoms with Gasteiger partial charge in [0.2, 0.25) is 0 Å². The summed E-state index contributed by atoms with van der Waals surface area (Å²) >= 11 is 0. The maximum Gasteiger partial charge on any atom is 0.0609 e. The zero-order chi connectivity index (χ0) is 17.6. The topological polar surface area (TPSA) is 0 Å². The summed E-state index contributed by atoms with van der Waals surface area (Å²) in [5.74, 6) is 0. The number of benzene rings is 1. The lowest BCUT2D eigenvalue weighted by atomic mass is 9.80. The van der Waals surface area contributed by atoms with E-state index in [0.29, 0.717) is 5.04 Å². The molecule has 1 aromatic rings. The van der Waals surface area contributed by atoms with E-state index in [1.54, 1.807) is 0 Å². The third-order valence-corrected chi connectivity index (χ3v) is 10.1. The molecule has 0 unspecified atom stereocenters. The van der Waals surface area contributed by atoms with Gasteiger partial charge in [0, 0.05) is 0 Å². The Morgan fingerprint density at radius 3 is 1.32 bits per heavy atom. The summed E-state index contributed by atoms with van der Waals surface area (Å²) in [5, 5.41) is 0.382. The largest absolute Gasteiger partial charge is 0.0685 e. The lowest BCUT2D eigenvalue weighted by molar-refractivity contribution is 0.568. The van der Waals surface area contributed by atoms with Crippen LogP contribution in [-0.2, 0) is 10.8 Å². The van der Waals surface area contributed by atoms with E-state index in [4.69, 9.17) is 0 Å². The molecule has 125 valence electrons. The van der Waals surface area contributed by atoms with Gasteiger partial charge >= 0.3 is 0 Å². The van der Waals surface area contributed by atoms with Gasteiger partial charge in [-0.1, -0.05) is 93.6 Å². The minimum absolute atomic E-state index is 0.192. The van der Waals surface area contributed by atoms with E-state index in [2.05, 4.69) is 99.7 Å². The summed E-state index contributed by atoms with van der Waals surface area (Å²) < 4.78 is 0. The molecule has 0 fully saturated rings. The second kappa shape index (κ2) is 5.82. The van der Waals surface area contributed by atoms with Crippen molar-refractivity contribution in [2.75, 3.05) is 0 Å². The Kier molecular flexibility index (Phi) is 5.15.